The van der Waals surface area contributed by atoms with E-state index >= 15 is 0 Å². The first-order valence-corrected chi connectivity index (χ1v) is 12.4. The molecule has 1 fully saturated rings. The molecule has 0 amide bonds. The first-order chi connectivity index (χ1) is 18.2. The van der Waals surface area contributed by atoms with Crippen molar-refractivity contribution >= 4 is 23.0 Å². The lowest BCUT2D eigenvalue weighted by atomic mass is 9.96. The minimum absolute atomic E-state index is 0.0822. The third kappa shape index (κ3) is 3.96. The van der Waals surface area contributed by atoms with Crippen LogP contribution in [0.3, 0.4) is 0 Å². The quantitative estimate of drug-likeness (QED) is 0.304. The van der Waals surface area contributed by atoms with Crippen molar-refractivity contribution in [3.05, 3.63) is 101 Å². The third-order valence-electron chi connectivity index (χ3n) is 6.97. The van der Waals surface area contributed by atoms with Crippen LogP contribution in [0.15, 0.2) is 72.9 Å². The van der Waals surface area contributed by atoms with Gasteiger partial charge in [-0.05, 0) is 74.1 Å². The predicted octanol–water partition coefficient (Wildman–Crippen LogP) is 6.41. The van der Waals surface area contributed by atoms with Crippen molar-refractivity contribution in [2.75, 3.05) is 11.7 Å². The average molecular weight is 537 g/mol. The molecule has 2 atom stereocenters. The lowest BCUT2D eigenvalue weighted by Gasteiger charge is -2.28. The highest BCUT2D eigenvalue weighted by atomic mass is 32.1. The molecule has 4 heterocycles. The molecule has 10 heteroatoms. The minimum Gasteiger partial charge on any atom is -0.454 e. The van der Waals surface area contributed by atoms with Gasteiger partial charge in [0, 0.05) is 29.3 Å². The number of hydrogen-bond donors (Lipinski definition) is 1. The molecular weight excluding hydrogens is 513 g/mol. The van der Waals surface area contributed by atoms with Gasteiger partial charge in [0.15, 0.2) is 16.6 Å². The summed E-state index contributed by atoms with van der Waals surface area (Å²) in [6.45, 7) is 3.79. The fraction of sp³-hybridized carbons (Fsp3) is 0.214. The molecule has 194 valence electrons. The summed E-state index contributed by atoms with van der Waals surface area (Å²) in [6.07, 6.45) is -2.78. The zero-order valence-electron chi connectivity index (χ0n) is 20.5. The Hall–Kier alpha value is -4.05. The van der Waals surface area contributed by atoms with E-state index in [4.69, 9.17) is 21.7 Å². The van der Waals surface area contributed by atoms with Crippen molar-refractivity contribution in [3.63, 3.8) is 0 Å². The fourth-order valence-corrected chi connectivity index (χ4v) is 5.70. The highest BCUT2D eigenvalue weighted by Crippen LogP contribution is 2.46. The molecule has 0 saturated carbocycles. The summed E-state index contributed by atoms with van der Waals surface area (Å²) in [5.41, 5.74) is 3.13. The summed E-state index contributed by atoms with van der Waals surface area (Å²) in [4.78, 5) is 6.54. The molecule has 6 nitrogen and oxygen atoms in total. The number of rotatable bonds is 4. The van der Waals surface area contributed by atoms with E-state index in [0.29, 0.717) is 28.0 Å². The summed E-state index contributed by atoms with van der Waals surface area (Å²) in [6, 6.07) is 18.0. The lowest BCUT2D eigenvalue weighted by molar-refractivity contribution is -0.137. The van der Waals surface area contributed by atoms with Crippen LogP contribution in [0.25, 0.3) is 5.69 Å². The van der Waals surface area contributed by atoms with Gasteiger partial charge in [-0.25, -0.2) is 0 Å². The largest absolute Gasteiger partial charge is 0.454 e. The first kappa shape index (κ1) is 24.3. The molecule has 6 rings (SSSR count). The molecule has 0 unspecified atom stereocenters. The zero-order chi connectivity index (χ0) is 26.6. The monoisotopic (exact) mass is 536 g/mol. The summed E-state index contributed by atoms with van der Waals surface area (Å²) >= 11 is 5.81. The second kappa shape index (κ2) is 9.05. The van der Waals surface area contributed by atoms with Crippen LogP contribution in [0.2, 0.25) is 0 Å². The predicted molar refractivity (Wildman–Crippen MR) is 141 cm³/mol. The van der Waals surface area contributed by atoms with Crippen LogP contribution < -0.4 is 19.7 Å². The topological polar surface area (TPSA) is 51.6 Å². The van der Waals surface area contributed by atoms with Crippen LogP contribution in [0.5, 0.6) is 11.5 Å². The van der Waals surface area contributed by atoms with Gasteiger partial charge in [-0.1, -0.05) is 18.2 Å². The number of aryl methyl sites for hydroxylation is 1. The van der Waals surface area contributed by atoms with E-state index < -0.39 is 17.8 Å². The Morgan fingerprint density at radius 2 is 1.74 bits per heavy atom. The van der Waals surface area contributed by atoms with Crippen LogP contribution in [0.1, 0.15) is 40.3 Å². The Balaban J connectivity index is 1.53. The Morgan fingerprint density at radius 3 is 2.50 bits per heavy atom. The normalized spacial score (nSPS) is 18.7. The minimum atomic E-state index is -4.49. The maximum atomic E-state index is 14.0. The van der Waals surface area contributed by atoms with Crippen molar-refractivity contribution in [2.45, 2.75) is 32.1 Å². The molecule has 2 aliphatic rings. The van der Waals surface area contributed by atoms with Crippen molar-refractivity contribution in [2.24, 2.45) is 0 Å². The number of nitrogens with one attached hydrogen (secondary N) is 1. The van der Waals surface area contributed by atoms with Crippen molar-refractivity contribution < 1.29 is 22.6 Å². The Morgan fingerprint density at radius 1 is 0.974 bits per heavy atom. The molecule has 2 aromatic carbocycles. The SMILES string of the molecule is Cc1cc([C@@H]2[C@H](c3ccccn3)NC(=S)N2c2ccc3c(c2)OCO3)c(C)n1-c1ccccc1C(F)(F)F. The summed E-state index contributed by atoms with van der Waals surface area (Å²) in [5.74, 6) is 1.25. The summed E-state index contributed by atoms with van der Waals surface area (Å²) < 4.78 is 54.6. The smallest absolute Gasteiger partial charge is 0.418 e. The van der Waals surface area contributed by atoms with E-state index in [1.165, 1.54) is 12.1 Å². The molecule has 0 bridgehead atoms. The van der Waals surface area contributed by atoms with Crippen LogP contribution >= 0.6 is 12.2 Å². The van der Waals surface area contributed by atoms with E-state index in [-0.39, 0.29) is 18.5 Å². The second-order valence-corrected chi connectivity index (χ2v) is 9.60. The van der Waals surface area contributed by atoms with Gasteiger partial charge in [0.25, 0.3) is 0 Å². The Kier molecular flexibility index (Phi) is 5.79. The van der Waals surface area contributed by atoms with Gasteiger partial charge in [-0.15, -0.1) is 0 Å². The molecule has 1 N–H and O–H groups in total. The molecule has 4 aromatic rings. The Bertz CT molecular complexity index is 1540. The first-order valence-electron chi connectivity index (χ1n) is 12.0. The number of fused-ring (bicyclic) bond motifs is 1. The Labute approximate surface area is 222 Å². The number of halogens is 3. The number of pyridine rings is 1. The van der Waals surface area contributed by atoms with Gasteiger partial charge in [-0.3, -0.25) is 4.98 Å². The van der Waals surface area contributed by atoms with Gasteiger partial charge >= 0.3 is 6.18 Å². The number of benzene rings is 2. The number of hydrogen-bond acceptors (Lipinski definition) is 4. The highest BCUT2D eigenvalue weighted by Gasteiger charge is 2.43. The number of alkyl halides is 3. The van der Waals surface area contributed by atoms with E-state index in [0.717, 1.165) is 23.0 Å². The third-order valence-corrected chi connectivity index (χ3v) is 7.29. The van der Waals surface area contributed by atoms with Crippen molar-refractivity contribution in [3.8, 4) is 17.2 Å². The van der Waals surface area contributed by atoms with Crippen LogP contribution in [0.4, 0.5) is 18.9 Å². The van der Waals surface area contributed by atoms with E-state index in [1.54, 1.807) is 16.8 Å². The van der Waals surface area contributed by atoms with E-state index in [9.17, 15) is 13.2 Å². The molecule has 2 aliphatic heterocycles. The molecule has 0 aliphatic carbocycles. The maximum absolute atomic E-state index is 14.0. The highest BCUT2D eigenvalue weighted by molar-refractivity contribution is 7.80. The van der Waals surface area contributed by atoms with E-state index in [1.807, 2.05) is 61.2 Å². The molecule has 2 aromatic heterocycles. The van der Waals surface area contributed by atoms with Crippen LogP contribution in [0, 0.1) is 13.8 Å². The maximum Gasteiger partial charge on any atom is 0.418 e. The average Bonchev–Trinajstić information content (AvgIpc) is 3.58. The molecule has 0 spiro atoms. The number of para-hydroxylation sites is 1. The van der Waals surface area contributed by atoms with Gasteiger partial charge in [0.05, 0.1) is 29.0 Å². The second-order valence-electron chi connectivity index (χ2n) is 9.21. The number of ether oxygens (including phenoxy) is 2. The van der Waals surface area contributed by atoms with Gasteiger partial charge < -0.3 is 24.3 Å². The van der Waals surface area contributed by atoms with Crippen LogP contribution in [-0.4, -0.2) is 21.5 Å². The van der Waals surface area contributed by atoms with Crippen molar-refractivity contribution in [1.29, 1.82) is 0 Å². The van der Waals surface area contributed by atoms with Crippen LogP contribution in [-0.2, 0) is 6.18 Å². The van der Waals surface area contributed by atoms with Gasteiger partial charge in [0.2, 0.25) is 6.79 Å². The fourth-order valence-electron chi connectivity index (χ4n) is 5.35. The molecular formula is C28H23F3N4O2S. The van der Waals surface area contributed by atoms with Gasteiger partial charge in [-0.2, -0.15) is 13.2 Å². The summed E-state index contributed by atoms with van der Waals surface area (Å²) in [7, 11) is 0. The molecule has 0 radical (unpaired) electrons. The standard InChI is InChI=1S/C28H23F3N4O2S/c1-16-13-19(17(2)34(16)22-9-4-3-7-20(22)28(29,30)31)26-25(21-8-5-6-12-32-21)33-27(38)35(26)18-10-11-23-24(14-18)37-15-36-23/h3-14,25-26H,15H2,1-2H3,(H,33,38)/t25-,26+/m0/s1. The lowest BCUT2D eigenvalue weighted by Crippen LogP contribution is -2.29. The number of aromatic nitrogens is 2. The number of thiocarbonyl (C=S) groups is 1. The summed E-state index contributed by atoms with van der Waals surface area (Å²) in [5, 5.41) is 3.88. The van der Waals surface area contributed by atoms with E-state index in [2.05, 4.69) is 10.3 Å². The molecule has 38 heavy (non-hydrogen) atoms. The van der Waals surface area contributed by atoms with Crippen molar-refractivity contribution in [1.82, 2.24) is 14.9 Å². The zero-order valence-corrected chi connectivity index (χ0v) is 21.3. The number of anilines is 1. The van der Waals surface area contributed by atoms with Gasteiger partial charge in [0.1, 0.15) is 0 Å². The number of nitrogens with zero attached hydrogens (tertiary/aromatic N) is 3. The molecule has 1 saturated heterocycles.